The van der Waals surface area contributed by atoms with Crippen LogP contribution in [0.4, 0.5) is 0 Å². The third-order valence-electron chi connectivity index (χ3n) is 5.94. The van der Waals surface area contributed by atoms with Gasteiger partial charge in [0.05, 0.1) is 10.6 Å². The van der Waals surface area contributed by atoms with Crippen LogP contribution in [0.15, 0.2) is 84.9 Å². The molecule has 0 aliphatic rings. The average molecular weight is 546 g/mol. The fraction of sp³-hybridized carbons (Fsp3) is 0.103. The molecule has 0 saturated carbocycles. The summed E-state index contributed by atoms with van der Waals surface area (Å²) in [7, 11) is 0. The summed E-state index contributed by atoms with van der Waals surface area (Å²) in [6.07, 6.45) is 0. The molecule has 0 aliphatic heterocycles. The normalized spacial score (nSPS) is 11.5. The maximum absolute atomic E-state index is 13.6. The Morgan fingerprint density at radius 2 is 1.56 bits per heavy atom. The number of halogens is 1. The van der Waals surface area contributed by atoms with Gasteiger partial charge < -0.3 is 15.5 Å². The van der Waals surface area contributed by atoms with Crippen molar-refractivity contribution in [2.45, 2.75) is 19.5 Å². The minimum atomic E-state index is -1.28. The molecule has 0 heterocycles. The van der Waals surface area contributed by atoms with Crippen LogP contribution in [0.5, 0.6) is 5.75 Å². The molecule has 9 nitrogen and oxygen atoms in total. The van der Waals surface area contributed by atoms with Crippen LogP contribution >= 0.6 is 11.6 Å². The van der Waals surface area contributed by atoms with Crippen molar-refractivity contribution in [3.8, 4) is 5.75 Å². The number of carbonyl (C=O) groups excluding carboxylic acids is 3. The van der Waals surface area contributed by atoms with Crippen LogP contribution < -0.4 is 10.7 Å². The predicted octanol–water partition coefficient (Wildman–Crippen LogP) is 4.39. The summed E-state index contributed by atoms with van der Waals surface area (Å²) < 4.78 is 0. The molecule has 4 N–H and O–H groups in total. The molecule has 4 aromatic carbocycles. The number of carbonyl (C=O) groups is 4. The summed E-state index contributed by atoms with van der Waals surface area (Å²) in [5.74, 6) is -3.34. The lowest BCUT2D eigenvalue weighted by Gasteiger charge is -2.25. The highest BCUT2D eigenvalue weighted by molar-refractivity contribution is 6.34. The average Bonchev–Trinajstić information content (AvgIpc) is 2.93. The van der Waals surface area contributed by atoms with E-state index in [0.29, 0.717) is 16.0 Å². The van der Waals surface area contributed by atoms with Gasteiger partial charge in [0.1, 0.15) is 11.8 Å². The van der Waals surface area contributed by atoms with Gasteiger partial charge in [-0.2, -0.15) is 0 Å². The second-order valence-electron chi connectivity index (χ2n) is 8.71. The Hall–Kier alpha value is -4.73. The van der Waals surface area contributed by atoms with Crippen molar-refractivity contribution < 1.29 is 29.4 Å². The Kier molecular flexibility index (Phi) is 8.24. The van der Waals surface area contributed by atoms with Crippen molar-refractivity contribution in [3.63, 3.8) is 0 Å². The lowest BCUT2D eigenvalue weighted by atomic mass is 10.0. The van der Waals surface area contributed by atoms with Crippen molar-refractivity contribution in [2.24, 2.45) is 0 Å². The van der Waals surface area contributed by atoms with Gasteiger partial charge >= 0.3 is 5.97 Å². The SMILES string of the molecule is C[C@H](NN(C(=O)c1ccc(C(=O)NCc2cccc(O)c2)cc1Cl)C(=O)c1cccc2ccccc12)C(=O)O. The number of hydrogen-bond donors (Lipinski definition) is 4. The summed E-state index contributed by atoms with van der Waals surface area (Å²) in [5, 5.41) is 23.6. The topological polar surface area (TPSA) is 136 Å². The largest absolute Gasteiger partial charge is 0.508 e. The van der Waals surface area contributed by atoms with Gasteiger partial charge in [-0.25, -0.2) is 10.4 Å². The van der Waals surface area contributed by atoms with E-state index in [2.05, 4.69) is 10.7 Å². The number of nitrogens with one attached hydrogen (secondary N) is 2. The Morgan fingerprint density at radius 1 is 0.872 bits per heavy atom. The van der Waals surface area contributed by atoms with Crippen molar-refractivity contribution in [2.75, 3.05) is 0 Å². The van der Waals surface area contributed by atoms with Crippen molar-refractivity contribution in [1.29, 1.82) is 0 Å². The van der Waals surface area contributed by atoms with E-state index in [1.165, 1.54) is 37.3 Å². The number of imide groups is 1. The first-order chi connectivity index (χ1) is 18.7. The molecule has 3 amide bonds. The number of aliphatic carboxylic acids is 1. The minimum absolute atomic E-state index is 0.0705. The molecular weight excluding hydrogens is 522 g/mol. The predicted molar refractivity (Wildman–Crippen MR) is 145 cm³/mol. The van der Waals surface area contributed by atoms with Crippen molar-refractivity contribution >= 4 is 46.1 Å². The number of phenolic OH excluding ortho intramolecular Hbond substituents is 1. The number of benzene rings is 4. The van der Waals surface area contributed by atoms with Crippen LogP contribution in [0.25, 0.3) is 10.8 Å². The standard InChI is InChI=1S/C29H24ClN3O6/c1-17(29(38)39)32-33(27(36)23-11-5-8-19-7-2-3-10-22(19)23)28(37)24-13-12-20(15-25(24)30)26(35)31-16-18-6-4-9-21(34)14-18/h2-15,17,32,34H,16H2,1H3,(H,31,35)(H,38,39)/t17-/m0/s1. The minimum Gasteiger partial charge on any atom is -0.508 e. The number of carboxylic acids is 1. The van der Waals surface area contributed by atoms with E-state index in [1.807, 2.05) is 18.2 Å². The Bertz CT molecular complexity index is 1580. The molecule has 10 heteroatoms. The van der Waals surface area contributed by atoms with Crippen LogP contribution in [-0.4, -0.2) is 45.0 Å². The molecular formula is C29H24ClN3O6. The third kappa shape index (κ3) is 6.23. The maximum atomic E-state index is 13.6. The molecule has 0 saturated heterocycles. The number of hydrazine groups is 1. The van der Waals surface area contributed by atoms with Gasteiger partial charge in [0.2, 0.25) is 0 Å². The number of aromatic hydroxyl groups is 1. The lowest BCUT2D eigenvalue weighted by Crippen LogP contribution is -2.53. The van der Waals surface area contributed by atoms with Crippen molar-refractivity contribution in [3.05, 3.63) is 112 Å². The maximum Gasteiger partial charge on any atom is 0.322 e. The summed E-state index contributed by atoms with van der Waals surface area (Å²) in [4.78, 5) is 51.3. The van der Waals surface area contributed by atoms with E-state index in [-0.39, 0.29) is 34.0 Å². The fourth-order valence-electron chi connectivity index (χ4n) is 3.89. The molecule has 0 aliphatic carbocycles. The molecule has 4 rings (SSSR count). The van der Waals surface area contributed by atoms with E-state index in [9.17, 15) is 29.4 Å². The van der Waals surface area contributed by atoms with E-state index >= 15 is 0 Å². The molecule has 0 radical (unpaired) electrons. The van der Waals surface area contributed by atoms with Gasteiger partial charge in [-0.1, -0.05) is 60.1 Å². The Balaban J connectivity index is 1.61. The van der Waals surface area contributed by atoms with E-state index in [4.69, 9.17) is 11.6 Å². The number of carboxylic acid groups (broad SMARTS) is 1. The summed E-state index contributed by atoms with van der Waals surface area (Å²) in [6.45, 7) is 1.44. The fourth-order valence-corrected chi connectivity index (χ4v) is 4.15. The van der Waals surface area contributed by atoms with Crippen LogP contribution in [-0.2, 0) is 11.3 Å². The van der Waals surface area contributed by atoms with Crippen LogP contribution in [0.2, 0.25) is 5.02 Å². The number of phenols is 1. The highest BCUT2D eigenvalue weighted by Crippen LogP contribution is 2.24. The quantitative estimate of drug-likeness (QED) is 0.190. The highest BCUT2D eigenvalue weighted by Gasteiger charge is 2.30. The molecule has 0 fully saturated rings. The first-order valence-corrected chi connectivity index (χ1v) is 12.2. The number of rotatable bonds is 8. The van der Waals surface area contributed by atoms with Gasteiger partial charge in [0.15, 0.2) is 0 Å². The summed E-state index contributed by atoms with van der Waals surface area (Å²) in [6, 6.07) is 21.2. The molecule has 0 aromatic heterocycles. The van der Waals surface area contributed by atoms with Gasteiger partial charge in [0.25, 0.3) is 17.7 Å². The molecule has 198 valence electrons. The molecule has 0 unspecified atom stereocenters. The molecule has 39 heavy (non-hydrogen) atoms. The van der Waals surface area contributed by atoms with Crippen molar-refractivity contribution in [1.82, 2.24) is 15.8 Å². The smallest absolute Gasteiger partial charge is 0.322 e. The Morgan fingerprint density at radius 3 is 2.28 bits per heavy atom. The van der Waals surface area contributed by atoms with Gasteiger partial charge in [-0.3, -0.25) is 19.2 Å². The van der Waals surface area contributed by atoms with Crippen LogP contribution in [0.1, 0.15) is 43.6 Å². The zero-order valence-corrected chi connectivity index (χ0v) is 21.5. The van der Waals surface area contributed by atoms with E-state index in [0.717, 1.165) is 5.39 Å². The first-order valence-electron chi connectivity index (χ1n) is 11.9. The third-order valence-corrected chi connectivity index (χ3v) is 6.26. The molecule has 4 aromatic rings. The number of amides is 3. The van der Waals surface area contributed by atoms with E-state index in [1.54, 1.807) is 36.4 Å². The zero-order valence-electron chi connectivity index (χ0n) is 20.7. The highest BCUT2D eigenvalue weighted by atomic mass is 35.5. The molecule has 0 bridgehead atoms. The van der Waals surface area contributed by atoms with Crippen LogP contribution in [0, 0.1) is 0 Å². The van der Waals surface area contributed by atoms with Gasteiger partial charge in [-0.15, -0.1) is 0 Å². The van der Waals surface area contributed by atoms with E-state index < -0.39 is 29.7 Å². The zero-order chi connectivity index (χ0) is 28.1. The van der Waals surface area contributed by atoms with Gasteiger partial charge in [-0.05, 0) is 59.7 Å². The molecule has 0 spiro atoms. The number of hydrogen-bond acceptors (Lipinski definition) is 6. The monoisotopic (exact) mass is 545 g/mol. The van der Waals surface area contributed by atoms with Gasteiger partial charge in [0, 0.05) is 17.7 Å². The summed E-state index contributed by atoms with van der Waals surface area (Å²) >= 11 is 6.38. The second kappa shape index (κ2) is 11.8. The molecule has 1 atom stereocenters. The number of nitrogens with zero attached hydrogens (tertiary/aromatic N) is 1. The lowest BCUT2D eigenvalue weighted by molar-refractivity contribution is -0.139. The number of fused-ring (bicyclic) bond motifs is 1. The second-order valence-corrected chi connectivity index (χ2v) is 9.12. The summed E-state index contributed by atoms with van der Waals surface area (Å²) in [5.41, 5.74) is 3.38. The first kappa shape index (κ1) is 27.3. The Labute approximate surface area is 228 Å². The van der Waals surface area contributed by atoms with Crippen LogP contribution in [0.3, 0.4) is 0 Å².